The lowest BCUT2D eigenvalue weighted by atomic mass is 9.98. The van der Waals surface area contributed by atoms with Gasteiger partial charge in [0.1, 0.15) is 23.9 Å². The summed E-state index contributed by atoms with van der Waals surface area (Å²) in [6, 6.07) is 3.29. The van der Waals surface area contributed by atoms with Gasteiger partial charge in [0.05, 0.1) is 13.7 Å². The second kappa shape index (κ2) is 10.7. The summed E-state index contributed by atoms with van der Waals surface area (Å²) >= 11 is 0. The normalized spacial score (nSPS) is 11.7. The number of aliphatic hydroxyl groups excluding tert-OH is 1. The molecule has 0 heterocycles. The number of benzene rings is 1. The van der Waals surface area contributed by atoms with Crippen LogP contribution < -0.4 is 14.2 Å². The van der Waals surface area contributed by atoms with Crippen molar-refractivity contribution < 1.29 is 38.3 Å². The third-order valence-electron chi connectivity index (χ3n) is 3.09. The molecule has 1 N–H and O–H groups in total. The summed E-state index contributed by atoms with van der Waals surface area (Å²) in [5.74, 6) is 0.307. The molecule has 1 aromatic carbocycles. The minimum absolute atomic E-state index is 0.00437. The smallest absolute Gasteiger partial charge is 0.302 e. The van der Waals surface area contributed by atoms with Gasteiger partial charge in [0.25, 0.3) is 0 Å². The summed E-state index contributed by atoms with van der Waals surface area (Å²) < 4.78 is 31.2. The fourth-order valence-corrected chi connectivity index (χ4v) is 2.03. The Labute approximate surface area is 141 Å². The summed E-state index contributed by atoms with van der Waals surface area (Å²) in [6.45, 7) is 0.995. The Balaban J connectivity index is 3.27. The molecule has 0 aliphatic heterocycles. The van der Waals surface area contributed by atoms with E-state index in [4.69, 9.17) is 28.4 Å². The maximum Gasteiger partial charge on any atom is 0.302 e. The van der Waals surface area contributed by atoms with E-state index in [1.807, 2.05) is 0 Å². The molecule has 0 amide bonds. The minimum atomic E-state index is -0.543. The van der Waals surface area contributed by atoms with Crippen LogP contribution in [0.4, 0.5) is 0 Å². The maximum atomic E-state index is 11.1. The molecule has 1 aromatic rings. The molecule has 1 rings (SSSR count). The SMILES string of the molecule is COCOc1cc(OC)cc(OCOC)c1[C@H](CO)COC(C)=O. The quantitative estimate of drug-likeness (QED) is 0.474. The molecule has 0 saturated carbocycles. The molecule has 8 nitrogen and oxygen atoms in total. The first-order chi connectivity index (χ1) is 11.6. The van der Waals surface area contributed by atoms with Crippen LogP contribution in [-0.2, 0) is 19.0 Å². The van der Waals surface area contributed by atoms with E-state index in [0.29, 0.717) is 22.8 Å². The molecule has 0 saturated heterocycles. The van der Waals surface area contributed by atoms with Crippen molar-refractivity contribution in [2.75, 3.05) is 48.1 Å². The molecule has 24 heavy (non-hydrogen) atoms. The van der Waals surface area contributed by atoms with Crippen molar-refractivity contribution in [1.82, 2.24) is 0 Å². The van der Waals surface area contributed by atoms with Crippen molar-refractivity contribution in [3.63, 3.8) is 0 Å². The minimum Gasteiger partial charge on any atom is -0.496 e. The zero-order valence-corrected chi connectivity index (χ0v) is 14.4. The van der Waals surface area contributed by atoms with Gasteiger partial charge in [-0.1, -0.05) is 0 Å². The van der Waals surface area contributed by atoms with Crippen molar-refractivity contribution in [1.29, 1.82) is 0 Å². The van der Waals surface area contributed by atoms with E-state index in [0.717, 1.165) is 0 Å². The maximum absolute atomic E-state index is 11.1. The molecule has 0 fully saturated rings. The molecule has 136 valence electrons. The average molecular weight is 344 g/mol. The van der Waals surface area contributed by atoms with Crippen molar-refractivity contribution in [3.05, 3.63) is 17.7 Å². The van der Waals surface area contributed by atoms with Crippen LogP contribution in [0.5, 0.6) is 17.2 Å². The first-order valence-electron chi connectivity index (χ1n) is 7.26. The number of methoxy groups -OCH3 is 3. The van der Waals surface area contributed by atoms with Crippen molar-refractivity contribution in [3.8, 4) is 17.2 Å². The van der Waals surface area contributed by atoms with E-state index in [9.17, 15) is 9.90 Å². The van der Waals surface area contributed by atoms with Crippen LogP contribution in [0, 0.1) is 0 Å². The summed E-state index contributed by atoms with van der Waals surface area (Å²) in [7, 11) is 4.49. The fraction of sp³-hybridized carbons (Fsp3) is 0.562. The second-order valence-electron chi connectivity index (χ2n) is 4.82. The second-order valence-corrected chi connectivity index (χ2v) is 4.82. The van der Waals surface area contributed by atoms with Gasteiger partial charge in [-0.15, -0.1) is 0 Å². The number of rotatable bonds is 11. The van der Waals surface area contributed by atoms with Crippen LogP contribution >= 0.6 is 0 Å². The Morgan fingerprint density at radius 1 is 1.08 bits per heavy atom. The van der Waals surface area contributed by atoms with Gasteiger partial charge in [0, 0.05) is 44.8 Å². The molecule has 0 unspecified atom stereocenters. The predicted molar refractivity (Wildman–Crippen MR) is 84.5 cm³/mol. The number of hydrogen-bond acceptors (Lipinski definition) is 8. The third-order valence-corrected chi connectivity index (χ3v) is 3.09. The Hall–Kier alpha value is -2.03. The molecule has 1 atom stereocenters. The van der Waals surface area contributed by atoms with Crippen LogP contribution in [0.15, 0.2) is 12.1 Å². The van der Waals surface area contributed by atoms with Crippen molar-refractivity contribution in [2.45, 2.75) is 12.8 Å². The van der Waals surface area contributed by atoms with Gasteiger partial charge in [0.2, 0.25) is 0 Å². The van der Waals surface area contributed by atoms with Crippen LogP contribution in [0.2, 0.25) is 0 Å². The molecule has 0 aromatic heterocycles. The highest BCUT2D eigenvalue weighted by molar-refractivity contribution is 5.66. The summed E-state index contributed by atoms with van der Waals surface area (Å²) in [5, 5.41) is 9.72. The summed E-state index contributed by atoms with van der Waals surface area (Å²) in [6.07, 6.45) is 0. The zero-order valence-electron chi connectivity index (χ0n) is 14.4. The van der Waals surface area contributed by atoms with Gasteiger partial charge in [-0.25, -0.2) is 0 Å². The largest absolute Gasteiger partial charge is 0.496 e. The average Bonchev–Trinajstić information content (AvgIpc) is 2.58. The van der Waals surface area contributed by atoms with Crippen LogP contribution in [0.25, 0.3) is 0 Å². The molecular formula is C16H24O8. The summed E-state index contributed by atoms with van der Waals surface area (Å²) in [5.41, 5.74) is 0.536. The van der Waals surface area contributed by atoms with E-state index < -0.39 is 11.9 Å². The van der Waals surface area contributed by atoms with Gasteiger partial charge in [-0.2, -0.15) is 0 Å². The van der Waals surface area contributed by atoms with E-state index in [2.05, 4.69) is 0 Å². The molecule has 0 aliphatic carbocycles. The highest BCUT2D eigenvalue weighted by Gasteiger charge is 2.24. The molecule has 0 aliphatic rings. The Morgan fingerprint density at radius 2 is 1.62 bits per heavy atom. The monoisotopic (exact) mass is 344 g/mol. The van der Waals surface area contributed by atoms with E-state index >= 15 is 0 Å². The van der Waals surface area contributed by atoms with Crippen molar-refractivity contribution in [2.24, 2.45) is 0 Å². The Morgan fingerprint density at radius 3 is 2.00 bits per heavy atom. The number of hydrogen-bond donors (Lipinski definition) is 1. The molecule has 0 radical (unpaired) electrons. The van der Waals surface area contributed by atoms with E-state index in [1.165, 1.54) is 28.3 Å². The van der Waals surface area contributed by atoms with Crippen LogP contribution in [0.3, 0.4) is 0 Å². The molecule has 0 spiro atoms. The number of esters is 1. The first kappa shape index (κ1) is 20.0. The lowest BCUT2D eigenvalue weighted by molar-refractivity contribution is -0.141. The zero-order chi connectivity index (χ0) is 17.9. The lowest BCUT2D eigenvalue weighted by Gasteiger charge is -2.22. The highest BCUT2D eigenvalue weighted by atomic mass is 16.7. The van der Waals surface area contributed by atoms with Gasteiger partial charge in [-0.05, 0) is 0 Å². The first-order valence-corrected chi connectivity index (χ1v) is 7.26. The topological polar surface area (TPSA) is 92.7 Å². The van der Waals surface area contributed by atoms with Crippen LogP contribution in [-0.4, -0.2) is 59.2 Å². The Kier molecular flexibility index (Phi) is 8.92. The predicted octanol–water partition coefficient (Wildman–Crippen LogP) is 1.30. The Bertz CT molecular complexity index is 488. The van der Waals surface area contributed by atoms with Gasteiger partial charge >= 0.3 is 5.97 Å². The third kappa shape index (κ3) is 5.88. The summed E-state index contributed by atoms with van der Waals surface area (Å²) in [4.78, 5) is 11.1. The number of carbonyl (C=O) groups is 1. The highest BCUT2D eigenvalue weighted by Crippen LogP contribution is 2.39. The van der Waals surface area contributed by atoms with Crippen molar-refractivity contribution >= 4 is 5.97 Å². The number of aliphatic hydroxyl groups is 1. The molecule has 8 heteroatoms. The van der Waals surface area contributed by atoms with E-state index in [-0.39, 0.29) is 26.8 Å². The fourth-order valence-electron chi connectivity index (χ4n) is 2.03. The molecule has 0 bridgehead atoms. The number of ether oxygens (including phenoxy) is 6. The van der Waals surface area contributed by atoms with Gasteiger partial charge in [-0.3, -0.25) is 4.79 Å². The van der Waals surface area contributed by atoms with E-state index in [1.54, 1.807) is 12.1 Å². The van der Waals surface area contributed by atoms with Gasteiger partial charge < -0.3 is 33.5 Å². The van der Waals surface area contributed by atoms with Crippen LogP contribution in [0.1, 0.15) is 18.4 Å². The molecular weight excluding hydrogens is 320 g/mol. The lowest BCUT2D eigenvalue weighted by Crippen LogP contribution is -2.17. The number of carbonyl (C=O) groups excluding carboxylic acids is 1. The standard InChI is InChI=1S/C16H24O8/c1-11(18)22-8-12(7-17)16-14(23-9-19-2)5-13(21-4)6-15(16)24-10-20-3/h5-6,12,17H,7-10H2,1-4H3/t12-/m1/s1. The van der Waals surface area contributed by atoms with Gasteiger partial charge in [0.15, 0.2) is 13.6 Å².